The highest BCUT2D eigenvalue weighted by Gasteiger charge is 2.18. The van der Waals surface area contributed by atoms with Gasteiger partial charge < -0.3 is 10.4 Å². The number of allylic oxidation sites excluding steroid dienone is 2. The van der Waals surface area contributed by atoms with Crippen LogP contribution in [0.1, 0.15) is 26.2 Å². The summed E-state index contributed by atoms with van der Waals surface area (Å²) in [5, 5.41) is 11.2. The van der Waals surface area contributed by atoms with Gasteiger partial charge in [0.25, 0.3) is 0 Å². The molecule has 4 nitrogen and oxygen atoms in total. The van der Waals surface area contributed by atoms with E-state index >= 15 is 0 Å². The van der Waals surface area contributed by atoms with Crippen molar-refractivity contribution < 1.29 is 14.7 Å². The van der Waals surface area contributed by atoms with Gasteiger partial charge in [-0.05, 0) is 19.8 Å². The molecule has 16 heavy (non-hydrogen) atoms. The second-order valence-corrected chi connectivity index (χ2v) is 3.75. The van der Waals surface area contributed by atoms with Gasteiger partial charge in [0.2, 0.25) is 5.91 Å². The van der Waals surface area contributed by atoms with Crippen molar-refractivity contribution in [1.82, 2.24) is 5.32 Å². The highest BCUT2D eigenvalue weighted by Crippen LogP contribution is 2.10. The zero-order valence-electron chi connectivity index (χ0n) is 9.61. The maximum absolute atomic E-state index is 11.7. The summed E-state index contributed by atoms with van der Waals surface area (Å²) < 4.78 is 0. The summed E-state index contributed by atoms with van der Waals surface area (Å²) in [5.41, 5.74) is 0. The van der Waals surface area contributed by atoms with Gasteiger partial charge in [0.05, 0.1) is 6.42 Å². The topological polar surface area (TPSA) is 66.4 Å². The molecule has 1 unspecified atom stereocenters. The molecule has 0 radical (unpaired) electrons. The lowest BCUT2D eigenvalue weighted by molar-refractivity contribution is -0.137. The Kier molecular flexibility index (Phi) is 6.92. The normalized spacial score (nSPS) is 11.9. The van der Waals surface area contributed by atoms with Crippen molar-refractivity contribution in [2.45, 2.75) is 32.2 Å². The van der Waals surface area contributed by atoms with Gasteiger partial charge in [-0.1, -0.05) is 12.2 Å². The van der Waals surface area contributed by atoms with Crippen LogP contribution in [0, 0.1) is 5.92 Å². The molecule has 0 saturated carbocycles. The minimum Gasteiger partial charge on any atom is -0.481 e. The van der Waals surface area contributed by atoms with E-state index in [-0.39, 0.29) is 24.3 Å². The van der Waals surface area contributed by atoms with Crippen LogP contribution in [0.3, 0.4) is 0 Å². The maximum atomic E-state index is 11.7. The van der Waals surface area contributed by atoms with Crippen LogP contribution in [0.25, 0.3) is 0 Å². The fourth-order valence-corrected chi connectivity index (χ4v) is 1.39. The van der Waals surface area contributed by atoms with Crippen LogP contribution in [0.2, 0.25) is 0 Å². The summed E-state index contributed by atoms with van der Waals surface area (Å²) in [4.78, 5) is 22.1. The molecule has 1 amide bonds. The Morgan fingerprint density at radius 2 is 1.81 bits per heavy atom. The molecule has 2 N–H and O–H groups in total. The van der Waals surface area contributed by atoms with E-state index in [1.54, 1.807) is 19.1 Å². The molecule has 4 heteroatoms. The molecule has 1 atom stereocenters. The number of carboxylic acids is 1. The maximum Gasteiger partial charge on any atom is 0.305 e. The monoisotopic (exact) mass is 225 g/mol. The van der Waals surface area contributed by atoms with E-state index in [4.69, 9.17) is 5.11 Å². The lowest BCUT2D eigenvalue weighted by Gasteiger charge is -2.17. The summed E-state index contributed by atoms with van der Waals surface area (Å²) in [5.74, 6) is -1.27. The van der Waals surface area contributed by atoms with Crippen molar-refractivity contribution in [3.05, 3.63) is 25.3 Å². The van der Waals surface area contributed by atoms with Crippen molar-refractivity contribution in [2.75, 3.05) is 0 Å². The second-order valence-electron chi connectivity index (χ2n) is 3.75. The third-order valence-electron chi connectivity index (χ3n) is 2.14. The number of hydrogen-bond donors (Lipinski definition) is 2. The first-order valence-corrected chi connectivity index (χ1v) is 5.25. The number of carbonyl (C=O) groups is 2. The van der Waals surface area contributed by atoms with Crippen LogP contribution >= 0.6 is 0 Å². The summed E-state index contributed by atoms with van der Waals surface area (Å²) in [6.45, 7) is 8.84. The molecule has 0 aromatic heterocycles. The first-order valence-electron chi connectivity index (χ1n) is 5.25. The van der Waals surface area contributed by atoms with Gasteiger partial charge in [-0.3, -0.25) is 9.59 Å². The number of amides is 1. The Morgan fingerprint density at radius 3 is 2.19 bits per heavy atom. The van der Waals surface area contributed by atoms with Crippen molar-refractivity contribution in [3.63, 3.8) is 0 Å². The van der Waals surface area contributed by atoms with E-state index < -0.39 is 5.97 Å². The first-order chi connectivity index (χ1) is 7.51. The van der Waals surface area contributed by atoms with Gasteiger partial charge in [-0.2, -0.15) is 0 Å². The van der Waals surface area contributed by atoms with Gasteiger partial charge in [0.15, 0.2) is 0 Å². The summed E-state index contributed by atoms with van der Waals surface area (Å²) >= 11 is 0. The largest absolute Gasteiger partial charge is 0.481 e. The number of hydrogen-bond acceptors (Lipinski definition) is 2. The van der Waals surface area contributed by atoms with Gasteiger partial charge in [0, 0.05) is 12.0 Å². The van der Waals surface area contributed by atoms with E-state index in [2.05, 4.69) is 18.5 Å². The van der Waals surface area contributed by atoms with Crippen LogP contribution in [-0.2, 0) is 9.59 Å². The zero-order chi connectivity index (χ0) is 12.6. The zero-order valence-corrected chi connectivity index (χ0v) is 9.61. The molecule has 0 aliphatic carbocycles. The fraction of sp³-hybridized carbons (Fsp3) is 0.500. The predicted octanol–water partition coefficient (Wildman–Crippen LogP) is 1.73. The van der Waals surface area contributed by atoms with E-state index in [1.165, 1.54) is 0 Å². The highest BCUT2D eigenvalue weighted by atomic mass is 16.4. The van der Waals surface area contributed by atoms with Crippen molar-refractivity contribution >= 4 is 11.9 Å². The minimum absolute atomic E-state index is 0.0688. The Morgan fingerprint density at radius 1 is 1.31 bits per heavy atom. The summed E-state index contributed by atoms with van der Waals surface area (Å²) in [7, 11) is 0. The SMILES string of the molecule is C=CCC(CC=C)C(=O)NC(C)CC(=O)O. The Bertz CT molecular complexity index is 263. The minimum atomic E-state index is -0.920. The molecule has 0 saturated heterocycles. The number of carboxylic acid groups (broad SMARTS) is 1. The quantitative estimate of drug-likeness (QED) is 0.618. The smallest absolute Gasteiger partial charge is 0.305 e. The molecule has 0 aliphatic heterocycles. The lowest BCUT2D eigenvalue weighted by Crippen LogP contribution is -2.38. The van der Waals surface area contributed by atoms with Crippen LogP contribution in [0.4, 0.5) is 0 Å². The van der Waals surface area contributed by atoms with Crippen LogP contribution in [0.15, 0.2) is 25.3 Å². The Hall–Kier alpha value is -1.58. The molecule has 0 aromatic rings. The van der Waals surface area contributed by atoms with Gasteiger partial charge in [-0.15, -0.1) is 13.2 Å². The molecule has 0 bridgehead atoms. The highest BCUT2D eigenvalue weighted by molar-refractivity contribution is 5.80. The molecule has 0 rings (SSSR count). The van der Waals surface area contributed by atoms with E-state index in [9.17, 15) is 9.59 Å². The van der Waals surface area contributed by atoms with Crippen molar-refractivity contribution in [2.24, 2.45) is 5.92 Å². The number of rotatable bonds is 8. The van der Waals surface area contributed by atoms with Gasteiger partial charge >= 0.3 is 5.97 Å². The molecule has 0 heterocycles. The van der Waals surface area contributed by atoms with Crippen LogP contribution < -0.4 is 5.32 Å². The van der Waals surface area contributed by atoms with E-state index in [0.29, 0.717) is 12.8 Å². The third-order valence-corrected chi connectivity index (χ3v) is 2.14. The van der Waals surface area contributed by atoms with Gasteiger partial charge in [0.1, 0.15) is 0 Å². The average molecular weight is 225 g/mol. The lowest BCUT2D eigenvalue weighted by atomic mass is 10.00. The fourth-order valence-electron chi connectivity index (χ4n) is 1.39. The Balaban J connectivity index is 4.22. The Labute approximate surface area is 96.0 Å². The standard InChI is InChI=1S/C12H19NO3/c1-4-6-10(7-5-2)12(16)13-9(3)8-11(14)15/h4-5,9-10H,1-2,6-8H2,3H3,(H,13,16)(H,14,15). The number of carbonyl (C=O) groups excluding carboxylic acids is 1. The molecule has 0 fully saturated rings. The van der Waals surface area contributed by atoms with E-state index in [0.717, 1.165) is 0 Å². The van der Waals surface area contributed by atoms with Crippen LogP contribution in [-0.4, -0.2) is 23.0 Å². The molecular formula is C12H19NO3. The summed E-state index contributed by atoms with van der Waals surface area (Å²) in [6.07, 6.45) is 4.42. The molecule has 0 aromatic carbocycles. The average Bonchev–Trinajstić information content (AvgIpc) is 2.15. The number of nitrogens with one attached hydrogen (secondary N) is 1. The molecule has 0 spiro atoms. The van der Waals surface area contributed by atoms with E-state index in [1.807, 2.05) is 0 Å². The third kappa shape index (κ3) is 6.01. The predicted molar refractivity (Wildman–Crippen MR) is 63.0 cm³/mol. The van der Waals surface area contributed by atoms with Crippen LogP contribution in [0.5, 0.6) is 0 Å². The first kappa shape index (κ1) is 14.4. The summed E-state index contributed by atoms with van der Waals surface area (Å²) in [6, 6.07) is -0.359. The van der Waals surface area contributed by atoms with Crippen molar-refractivity contribution in [1.29, 1.82) is 0 Å². The molecule has 0 aliphatic rings. The molecular weight excluding hydrogens is 206 g/mol. The molecule has 90 valence electrons. The second kappa shape index (κ2) is 7.68. The van der Waals surface area contributed by atoms with Crippen molar-refractivity contribution in [3.8, 4) is 0 Å². The number of aliphatic carboxylic acids is 1. The van der Waals surface area contributed by atoms with Gasteiger partial charge in [-0.25, -0.2) is 0 Å².